The third-order valence-corrected chi connectivity index (χ3v) is 15.2. The van der Waals surface area contributed by atoms with Gasteiger partial charge in [-0.3, -0.25) is 14.4 Å². The summed E-state index contributed by atoms with van der Waals surface area (Å²) in [4.78, 5) is 38.4. The number of hydrogen-bond donors (Lipinski definition) is 0. The van der Waals surface area contributed by atoms with E-state index in [0.717, 1.165) is 77.0 Å². The molecule has 0 spiro atoms. The van der Waals surface area contributed by atoms with Gasteiger partial charge in [-0.05, 0) is 109 Å². The first-order valence-corrected chi connectivity index (χ1v) is 34.3. The van der Waals surface area contributed by atoms with Crippen molar-refractivity contribution >= 4 is 17.9 Å². The second-order valence-corrected chi connectivity index (χ2v) is 23.1. The largest absolute Gasteiger partial charge is 0.462 e. The number of ether oxygens (including phenoxy) is 3. The first-order valence-electron chi connectivity index (χ1n) is 34.3. The molecule has 0 aromatic heterocycles. The minimum atomic E-state index is -0.782. The first-order chi connectivity index (χ1) is 38.5. The Balaban J connectivity index is 4.35. The molecule has 0 heterocycles. The molecule has 0 saturated carbocycles. The van der Waals surface area contributed by atoms with Crippen molar-refractivity contribution in [2.45, 2.75) is 367 Å². The second-order valence-electron chi connectivity index (χ2n) is 23.1. The summed E-state index contributed by atoms with van der Waals surface area (Å²) in [5.41, 5.74) is 0. The van der Waals surface area contributed by atoms with Crippen LogP contribution in [0.1, 0.15) is 361 Å². The van der Waals surface area contributed by atoms with Gasteiger partial charge in [-0.15, -0.1) is 0 Å². The average Bonchev–Trinajstić information content (AvgIpc) is 3.44. The van der Waals surface area contributed by atoms with Gasteiger partial charge < -0.3 is 14.2 Å². The molecule has 0 aliphatic rings. The normalized spacial score (nSPS) is 12.4. The summed E-state index contributed by atoms with van der Waals surface area (Å²) in [5.74, 6) is -0.871. The smallest absolute Gasteiger partial charge is 0.306 e. The van der Waals surface area contributed by atoms with Crippen LogP contribution in [0.4, 0.5) is 0 Å². The van der Waals surface area contributed by atoms with E-state index in [1.165, 1.54) is 244 Å². The van der Waals surface area contributed by atoms with E-state index in [4.69, 9.17) is 14.2 Å². The number of hydrogen-bond acceptors (Lipinski definition) is 6. The molecule has 454 valence electrons. The number of carbonyl (C=O) groups excluding carboxylic acids is 3. The Morgan fingerprint density at radius 2 is 0.462 bits per heavy atom. The molecule has 0 aromatic rings. The van der Waals surface area contributed by atoms with Gasteiger partial charge in [0, 0.05) is 19.3 Å². The van der Waals surface area contributed by atoms with Gasteiger partial charge in [0.2, 0.25) is 0 Å². The van der Waals surface area contributed by atoms with E-state index < -0.39 is 6.10 Å². The highest BCUT2D eigenvalue weighted by Gasteiger charge is 2.19. The Morgan fingerprint density at radius 3 is 0.718 bits per heavy atom. The van der Waals surface area contributed by atoms with E-state index >= 15 is 0 Å². The molecule has 78 heavy (non-hydrogen) atoms. The summed E-state index contributed by atoms with van der Waals surface area (Å²) in [6.07, 6.45) is 85.1. The topological polar surface area (TPSA) is 78.9 Å². The molecule has 6 heteroatoms. The van der Waals surface area contributed by atoms with Gasteiger partial charge in [0.25, 0.3) is 0 Å². The van der Waals surface area contributed by atoms with Crippen molar-refractivity contribution in [3.63, 3.8) is 0 Å². The van der Waals surface area contributed by atoms with E-state index in [2.05, 4.69) is 81.5 Å². The third kappa shape index (κ3) is 63.9. The maximum absolute atomic E-state index is 12.9. The summed E-state index contributed by atoms with van der Waals surface area (Å²) < 4.78 is 17.0. The fourth-order valence-electron chi connectivity index (χ4n) is 10.0. The van der Waals surface area contributed by atoms with E-state index in [-0.39, 0.29) is 31.1 Å². The Labute approximate surface area is 485 Å². The predicted molar refractivity (Wildman–Crippen MR) is 339 cm³/mol. The molecule has 0 aliphatic heterocycles. The number of rotatable bonds is 63. The number of unbranched alkanes of at least 4 members (excludes halogenated alkanes) is 42. The molecule has 0 rings (SSSR count). The average molecular weight is 1090 g/mol. The Bertz CT molecular complexity index is 1390. The summed E-state index contributed by atoms with van der Waals surface area (Å²) >= 11 is 0. The quantitative estimate of drug-likeness (QED) is 0.0261. The van der Waals surface area contributed by atoms with Gasteiger partial charge in [-0.25, -0.2) is 0 Å². The molecule has 6 nitrogen and oxygen atoms in total. The molecular formula is C72H130O6. The maximum Gasteiger partial charge on any atom is 0.306 e. The summed E-state index contributed by atoms with van der Waals surface area (Å²) in [6.45, 7) is 6.66. The van der Waals surface area contributed by atoms with E-state index in [0.29, 0.717) is 19.3 Å². The molecule has 0 amide bonds. The van der Waals surface area contributed by atoms with Crippen LogP contribution in [0.2, 0.25) is 0 Å². The van der Waals surface area contributed by atoms with Crippen molar-refractivity contribution in [1.29, 1.82) is 0 Å². The lowest BCUT2D eigenvalue weighted by Gasteiger charge is -2.18. The lowest BCUT2D eigenvalue weighted by atomic mass is 10.0. The molecule has 0 bridgehead atoms. The van der Waals surface area contributed by atoms with Crippen molar-refractivity contribution in [3.05, 3.63) is 60.8 Å². The van der Waals surface area contributed by atoms with Crippen LogP contribution in [0.5, 0.6) is 0 Å². The van der Waals surface area contributed by atoms with Gasteiger partial charge in [0.1, 0.15) is 13.2 Å². The molecule has 0 N–H and O–H groups in total. The molecule has 1 atom stereocenters. The highest BCUT2D eigenvalue weighted by molar-refractivity contribution is 5.71. The Kier molecular flexibility index (Phi) is 64.2. The SMILES string of the molecule is CCCCCCC/C=C\C/C=C\CCCCCCCCCCCCCC(=O)OCC(COC(=O)CCCCCCC/C=C\CCCCCCCCC)OC(=O)CCCCCCCCCCC/C=C\C/C=C\CCCCCCC. The molecule has 1 unspecified atom stereocenters. The zero-order chi connectivity index (χ0) is 56.4. The highest BCUT2D eigenvalue weighted by Crippen LogP contribution is 2.17. The van der Waals surface area contributed by atoms with Gasteiger partial charge in [0.05, 0.1) is 0 Å². The molecule has 0 fully saturated rings. The van der Waals surface area contributed by atoms with E-state index in [9.17, 15) is 14.4 Å². The lowest BCUT2D eigenvalue weighted by Crippen LogP contribution is -2.30. The van der Waals surface area contributed by atoms with Crippen LogP contribution >= 0.6 is 0 Å². The molecule has 0 aliphatic carbocycles. The zero-order valence-corrected chi connectivity index (χ0v) is 52.2. The predicted octanol–water partition coefficient (Wildman–Crippen LogP) is 23.5. The molecule has 0 aromatic carbocycles. The van der Waals surface area contributed by atoms with E-state index in [1.54, 1.807) is 0 Å². The number of esters is 3. The zero-order valence-electron chi connectivity index (χ0n) is 52.2. The van der Waals surface area contributed by atoms with Gasteiger partial charge in [-0.2, -0.15) is 0 Å². The van der Waals surface area contributed by atoms with Crippen LogP contribution in [0.25, 0.3) is 0 Å². The van der Waals surface area contributed by atoms with Crippen molar-refractivity contribution in [2.24, 2.45) is 0 Å². The van der Waals surface area contributed by atoms with Crippen LogP contribution in [-0.4, -0.2) is 37.2 Å². The van der Waals surface area contributed by atoms with Crippen LogP contribution in [0.15, 0.2) is 60.8 Å². The molecule has 0 radical (unpaired) electrons. The van der Waals surface area contributed by atoms with Crippen molar-refractivity contribution in [3.8, 4) is 0 Å². The fourth-order valence-corrected chi connectivity index (χ4v) is 10.0. The standard InChI is InChI=1S/C72H130O6/c1-4-7-10-13-16-19-22-25-28-31-33-35-36-38-39-41-44-47-50-53-56-59-62-65-71(74)77-68-69(67-76-70(73)64-61-58-55-52-49-46-43-30-27-24-21-18-15-12-9-6-3)78-72(75)66-63-60-57-54-51-48-45-42-40-37-34-32-29-26-23-20-17-14-11-8-5-2/h22-23,25-26,30-34,43,69H,4-21,24,27-29,35-42,44-68H2,1-3H3/b25-22-,26-23-,33-31-,34-32-,43-30-. The maximum atomic E-state index is 12.9. The minimum Gasteiger partial charge on any atom is -0.462 e. The minimum absolute atomic E-state index is 0.0774. The van der Waals surface area contributed by atoms with Crippen LogP contribution in [0.3, 0.4) is 0 Å². The van der Waals surface area contributed by atoms with Gasteiger partial charge in [0.15, 0.2) is 6.10 Å². The van der Waals surface area contributed by atoms with Gasteiger partial charge in [-0.1, -0.05) is 293 Å². The monoisotopic (exact) mass is 1090 g/mol. The highest BCUT2D eigenvalue weighted by atomic mass is 16.6. The molecular weight excluding hydrogens is 961 g/mol. The van der Waals surface area contributed by atoms with E-state index in [1.807, 2.05) is 0 Å². The van der Waals surface area contributed by atoms with Crippen molar-refractivity contribution in [1.82, 2.24) is 0 Å². The summed E-state index contributed by atoms with van der Waals surface area (Å²) in [7, 11) is 0. The Morgan fingerprint density at radius 1 is 0.256 bits per heavy atom. The Hall–Kier alpha value is -2.89. The number of allylic oxidation sites excluding steroid dienone is 10. The van der Waals surface area contributed by atoms with Gasteiger partial charge >= 0.3 is 17.9 Å². The number of carbonyl (C=O) groups is 3. The first kappa shape index (κ1) is 75.1. The fraction of sp³-hybridized carbons (Fsp3) is 0.819. The lowest BCUT2D eigenvalue weighted by molar-refractivity contribution is -0.167. The van der Waals surface area contributed by atoms with Crippen molar-refractivity contribution in [2.75, 3.05) is 13.2 Å². The second kappa shape index (κ2) is 66.6. The van der Waals surface area contributed by atoms with Crippen molar-refractivity contribution < 1.29 is 28.6 Å². The third-order valence-electron chi connectivity index (χ3n) is 15.2. The summed E-state index contributed by atoms with van der Waals surface area (Å²) in [6, 6.07) is 0. The summed E-state index contributed by atoms with van der Waals surface area (Å²) in [5, 5.41) is 0. The van der Waals surface area contributed by atoms with Crippen LogP contribution in [-0.2, 0) is 28.6 Å². The molecule has 0 saturated heterocycles. The van der Waals surface area contributed by atoms with Crippen LogP contribution in [0, 0.1) is 0 Å². The van der Waals surface area contributed by atoms with Crippen LogP contribution < -0.4 is 0 Å².